The van der Waals surface area contributed by atoms with Crippen molar-refractivity contribution in [3.8, 4) is 11.5 Å². The van der Waals surface area contributed by atoms with Crippen LogP contribution < -0.4 is 9.47 Å². The van der Waals surface area contributed by atoms with E-state index in [1.165, 1.54) is 5.56 Å². The average molecular weight is 344 g/mol. The van der Waals surface area contributed by atoms with Crippen LogP contribution in [-0.4, -0.2) is 52.8 Å². The maximum absolute atomic E-state index is 5.98. The fraction of sp³-hybridized carbons (Fsp3) is 0.556. The number of methoxy groups -OCH3 is 1. The van der Waals surface area contributed by atoms with Gasteiger partial charge in [-0.1, -0.05) is 11.3 Å². The van der Waals surface area contributed by atoms with Crippen molar-refractivity contribution in [2.45, 2.75) is 38.6 Å². The number of hydrogen-bond donors (Lipinski definition) is 0. The smallest absolute Gasteiger partial charge is 0.161 e. The number of rotatable bonds is 5. The normalized spacial score (nSPS) is 23.0. The van der Waals surface area contributed by atoms with Crippen LogP contribution in [0.5, 0.6) is 11.5 Å². The molecule has 2 aromatic rings. The van der Waals surface area contributed by atoms with Crippen LogP contribution >= 0.6 is 0 Å². The van der Waals surface area contributed by atoms with Gasteiger partial charge in [0.05, 0.1) is 44.4 Å². The molecule has 7 nitrogen and oxygen atoms in total. The minimum atomic E-state index is 0.236. The molecule has 2 atom stereocenters. The van der Waals surface area contributed by atoms with Gasteiger partial charge in [0, 0.05) is 19.6 Å². The molecule has 25 heavy (non-hydrogen) atoms. The highest BCUT2D eigenvalue weighted by Gasteiger charge is 2.36. The maximum Gasteiger partial charge on any atom is 0.161 e. The Labute approximate surface area is 147 Å². The predicted molar refractivity (Wildman–Crippen MR) is 91.7 cm³/mol. The number of fused-ring (bicyclic) bond motifs is 3. The average Bonchev–Trinajstić information content (AvgIpc) is 3.12. The summed E-state index contributed by atoms with van der Waals surface area (Å²) in [4.78, 5) is 2.44. The van der Waals surface area contributed by atoms with E-state index in [-0.39, 0.29) is 12.1 Å². The largest absolute Gasteiger partial charge is 0.493 e. The molecule has 4 rings (SSSR count). The van der Waals surface area contributed by atoms with Gasteiger partial charge in [0.1, 0.15) is 0 Å². The Morgan fingerprint density at radius 2 is 2.24 bits per heavy atom. The Balaban J connectivity index is 1.47. The summed E-state index contributed by atoms with van der Waals surface area (Å²) < 4.78 is 19.1. The van der Waals surface area contributed by atoms with Crippen LogP contribution in [0.1, 0.15) is 30.6 Å². The zero-order valence-electron chi connectivity index (χ0n) is 14.7. The Kier molecular flexibility index (Phi) is 4.59. The number of hydrogen-bond acceptors (Lipinski definition) is 6. The molecule has 1 aromatic heterocycles. The Bertz CT molecular complexity index is 733. The number of aromatic nitrogens is 3. The van der Waals surface area contributed by atoms with Gasteiger partial charge in [-0.3, -0.25) is 4.90 Å². The quantitative estimate of drug-likeness (QED) is 0.827. The van der Waals surface area contributed by atoms with Crippen molar-refractivity contribution in [3.63, 3.8) is 0 Å². The van der Waals surface area contributed by atoms with Crippen molar-refractivity contribution in [1.82, 2.24) is 19.9 Å². The van der Waals surface area contributed by atoms with Gasteiger partial charge in [0.25, 0.3) is 0 Å². The molecular formula is C18H24N4O3. The molecule has 0 amide bonds. The molecule has 2 aliphatic heterocycles. The lowest BCUT2D eigenvalue weighted by molar-refractivity contribution is -0.0669. The number of piperidine rings is 1. The molecule has 0 unspecified atom stereocenters. The second kappa shape index (κ2) is 7.01. The third-order valence-electron chi connectivity index (χ3n) is 4.95. The van der Waals surface area contributed by atoms with Gasteiger partial charge in [0.2, 0.25) is 0 Å². The lowest BCUT2D eigenvalue weighted by atomic mass is 10.00. The number of nitrogens with zero attached hydrogens (tertiary/aromatic N) is 4. The standard InChI is InChI=1S/C18H24N4O3/c1-3-24-17-5-4-13(8-18(17)23-2)10-21-7-6-16-15(11-21)22-14(12-25-16)9-19-20-22/h4-5,8-9,15-16H,3,6-7,10-12H2,1-2H3/t15-,16-/m0/s1. The monoisotopic (exact) mass is 344 g/mol. The first-order valence-electron chi connectivity index (χ1n) is 8.81. The molecule has 1 aromatic carbocycles. The predicted octanol–water partition coefficient (Wildman–Crippen LogP) is 2.03. The van der Waals surface area contributed by atoms with Gasteiger partial charge in [-0.15, -0.1) is 5.10 Å². The van der Waals surface area contributed by atoms with E-state index >= 15 is 0 Å². The van der Waals surface area contributed by atoms with Crippen LogP contribution in [0.15, 0.2) is 24.4 Å². The molecule has 1 fully saturated rings. The van der Waals surface area contributed by atoms with E-state index in [0.29, 0.717) is 13.2 Å². The minimum absolute atomic E-state index is 0.236. The van der Waals surface area contributed by atoms with E-state index in [2.05, 4.69) is 27.3 Å². The molecule has 7 heteroatoms. The van der Waals surface area contributed by atoms with Crippen LogP contribution in [-0.2, 0) is 17.9 Å². The minimum Gasteiger partial charge on any atom is -0.493 e. The molecule has 0 spiro atoms. The molecule has 0 aliphatic carbocycles. The summed E-state index contributed by atoms with van der Waals surface area (Å²) in [6.45, 7) is 6.02. The molecule has 134 valence electrons. The zero-order chi connectivity index (χ0) is 17.2. The van der Waals surface area contributed by atoms with Crippen molar-refractivity contribution in [2.24, 2.45) is 0 Å². The van der Waals surface area contributed by atoms with Crippen LogP contribution in [0.3, 0.4) is 0 Å². The van der Waals surface area contributed by atoms with Crippen LogP contribution in [0.4, 0.5) is 0 Å². The highest BCUT2D eigenvalue weighted by atomic mass is 16.5. The fourth-order valence-electron chi connectivity index (χ4n) is 3.73. The van der Waals surface area contributed by atoms with E-state index < -0.39 is 0 Å². The first-order chi connectivity index (χ1) is 12.3. The van der Waals surface area contributed by atoms with Gasteiger partial charge in [-0.2, -0.15) is 0 Å². The Morgan fingerprint density at radius 3 is 3.08 bits per heavy atom. The third-order valence-corrected chi connectivity index (χ3v) is 4.95. The molecule has 3 heterocycles. The van der Waals surface area contributed by atoms with Crippen molar-refractivity contribution in [2.75, 3.05) is 26.8 Å². The summed E-state index contributed by atoms with van der Waals surface area (Å²) in [5.74, 6) is 1.58. The number of benzene rings is 1. The molecule has 0 N–H and O–H groups in total. The molecular weight excluding hydrogens is 320 g/mol. The second-order valence-corrected chi connectivity index (χ2v) is 6.53. The van der Waals surface area contributed by atoms with Crippen LogP contribution in [0.25, 0.3) is 0 Å². The van der Waals surface area contributed by atoms with Crippen molar-refractivity contribution in [1.29, 1.82) is 0 Å². The molecule has 0 saturated carbocycles. The van der Waals surface area contributed by atoms with Gasteiger partial charge >= 0.3 is 0 Å². The molecule has 0 bridgehead atoms. The topological polar surface area (TPSA) is 61.6 Å². The highest BCUT2D eigenvalue weighted by Crippen LogP contribution is 2.32. The second-order valence-electron chi connectivity index (χ2n) is 6.53. The van der Waals surface area contributed by atoms with E-state index in [1.807, 2.05) is 17.7 Å². The SMILES string of the molecule is CCOc1ccc(CN2CC[C@@H]3OCc4cnnn4[C@H]3C2)cc1OC. The summed E-state index contributed by atoms with van der Waals surface area (Å²) in [7, 11) is 1.68. The van der Waals surface area contributed by atoms with E-state index in [9.17, 15) is 0 Å². The highest BCUT2D eigenvalue weighted by molar-refractivity contribution is 5.43. The van der Waals surface area contributed by atoms with E-state index in [0.717, 1.165) is 43.2 Å². The Hall–Kier alpha value is -2.12. The van der Waals surface area contributed by atoms with Gasteiger partial charge in [-0.05, 0) is 31.0 Å². The number of likely N-dealkylation sites (tertiary alicyclic amines) is 1. The summed E-state index contributed by atoms with van der Waals surface area (Å²) >= 11 is 0. The summed E-state index contributed by atoms with van der Waals surface area (Å²) in [5.41, 5.74) is 2.28. The van der Waals surface area contributed by atoms with Crippen molar-refractivity contribution < 1.29 is 14.2 Å². The molecule has 2 aliphatic rings. The molecule has 1 saturated heterocycles. The van der Waals surface area contributed by atoms with Gasteiger partial charge < -0.3 is 14.2 Å². The van der Waals surface area contributed by atoms with Crippen molar-refractivity contribution >= 4 is 0 Å². The van der Waals surface area contributed by atoms with Crippen molar-refractivity contribution in [3.05, 3.63) is 35.7 Å². The maximum atomic E-state index is 5.98. The van der Waals surface area contributed by atoms with Gasteiger partial charge in [-0.25, -0.2) is 4.68 Å². The Morgan fingerprint density at radius 1 is 1.32 bits per heavy atom. The van der Waals surface area contributed by atoms with E-state index in [4.69, 9.17) is 14.2 Å². The zero-order valence-corrected chi connectivity index (χ0v) is 14.7. The lowest BCUT2D eigenvalue weighted by Crippen LogP contribution is -2.47. The molecule has 0 radical (unpaired) electrons. The van der Waals surface area contributed by atoms with Crippen LogP contribution in [0, 0.1) is 0 Å². The lowest BCUT2D eigenvalue weighted by Gasteiger charge is -2.41. The van der Waals surface area contributed by atoms with Gasteiger partial charge in [0.15, 0.2) is 11.5 Å². The third kappa shape index (κ3) is 3.21. The van der Waals surface area contributed by atoms with Crippen LogP contribution in [0.2, 0.25) is 0 Å². The fourth-order valence-corrected chi connectivity index (χ4v) is 3.73. The summed E-state index contributed by atoms with van der Waals surface area (Å²) in [5, 5.41) is 8.30. The summed E-state index contributed by atoms with van der Waals surface area (Å²) in [6, 6.07) is 6.40. The first kappa shape index (κ1) is 16.4. The van der Waals surface area contributed by atoms with E-state index in [1.54, 1.807) is 13.3 Å². The first-order valence-corrected chi connectivity index (χ1v) is 8.81. The summed E-state index contributed by atoms with van der Waals surface area (Å²) in [6.07, 6.45) is 3.05. The number of ether oxygens (including phenoxy) is 3.